The molecule has 1 aromatic heterocycles. The summed E-state index contributed by atoms with van der Waals surface area (Å²) in [6.07, 6.45) is 0. The van der Waals surface area contributed by atoms with Gasteiger partial charge < -0.3 is 0 Å². The molecule has 0 bridgehead atoms. The van der Waals surface area contributed by atoms with Crippen molar-refractivity contribution in [1.82, 2.24) is 9.36 Å². The highest BCUT2D eigenvalue weighted by molar-refractivity contribution is 7.92. The molecule has 1 N–H and O–H groups in total. The Kier molecular flexibility index (Phi) is 4.00. The van der Waals surface area contributed by atoms with E-state index in [1.54, 1.807) is 12.1 Å². The number of aromatic nitrogens is 2. The fraction of sp³-hybridized carbons (Fsp3) is 0.176. The van der Waals surface area contributed by atoms with Crippen LogP contribution < -0.4 is 15.8 Å². The summed E-state index contributed by atoms with van der Waals surface area (Å²) in [4.78, 5) is 25.0. The second-order valence-corrected chi connectivity index (χ2v) is 7.49. The molecule has 0 atom stereocenters. The summed E-state index contributed by atoms with van der Waals surface area (Å²) in [7, 11) is -0.950. The van der Waals surface area contributed by atoms with Crippen molar-refractivity contribution in [2.24, 2.45) is 14.1 Å². The number of benzene rings is 2. The third-order valence-corrected chi connectivity index (χ3v) is 5.50. The van der Waals surface area contributed by atoms with Crippen LogP contribution in [0.5, 0.6) is 0 Å². The average Bonchev–Trinajstić information content (AvgIpc) is 2.58. The van der Waals surface area contributed by atoms with Crippen molar-refractivity contribution in [3.05, 3.63) is 68.7 Å². The molecule has 0 unspecified atom stereocenters. The molecule has 7 nitrogen and oxygen atoms in total. The van der Waals surface area contributed by atoms with Crippen LogP contribution in [0.15, 0.2) is 56.9 Å². The summed E-state index contributed by atoms with van der Waals surface area (Å²) >= 11 is 0. The average molecular weight is 359 g/mol. The normalized spacial score (nSPS) is 11.6. The van der Waals surface area contributed by atoms with E-state index in [1.165, 1.54) is 49.1 Å². The van der Waals surface area contributed by atoms with Crippen LogP contribution in [0, 0.1) is 6.92 Å². The van der Waals surface area contributed by atoms with Crippen LogP contribution in [0.1, 0.15) is 5.56 Å². The molecule has 0 saturated heterocycles. The lowest BCUT2D eigenvalue weighted by Crippen LogP contribution is -2.35. The monoisotopic (exact) mass is 359 g/mol. The van der Waals surface area contributed by atoms with Crippen LogP contribution in [0.4, 0.5) is 5.69 Å². The first-order chi connectivity index (χ1) is 11.7. The van der Waals surface area contributed by atoms with Crippen LogP contribution in [0.2, 0.25) is 0 Å². The first kappa shape index (κ1) is 17.0. The quantitative estimate of drug-likeness (QED) is 0.764. The number of hydrogen-bond acceptors (Lipinski definition) is 4. The van der Waals surface area contributed by atoms with Gasteiger partial charge in [-0.05, 0) is 31.2 Å². The highest BCUT2D eigenvalue weighted by Gasteiger charge is 2.18. The van der Waals surface area contributed by atoms with Gasteiger partial charge in [-0.2, -0.15) is 0 Å². The van der Waals surface area contributed by atoms with Gasteiger partial charge >= 0.3 is 0 Å². The molecule has 8 heteroatoms. The van der Waals surface area contributed by atoms with Crippen LogP contribution in [0.25, 0.3) is 10.8 Å². The lowest BCUT2D eigenvalue weighted by atomic mass is 10.1. The number of sulfonamides is 1. The summed E-state index contributed by atoms with van der Waals surface area (Å²) < 4.78 is 30.0. The Labute approximate surface area is 144 Å². The number of nitrogens with zero attached hydrogens (tertiary/aromatic N) is 2. The van der Waals surface area contributed by atoms with Gasteiger partial charge in [-0.15, -0.1) is 0 Å². The van der Waals surface area contributed by atoms with E-state index < -0.39 is 15.6 Å². The molecule has 0 aliphatic carbocycles. The fourth-order valence-corrected chi connectivity index (χ4v) is 3.65. The largest absolute Gasteiger partial charge is 0.279 e. The van der Waals surface area contributed by atoms with Gasteiger partial charge in [0, 0.05) is 14.1 Å². The van der Waals surface area contributed by atoms with Gasteiger partial charge in [0.05, 0.1) is 21.4 Å². The maximum atomic E-state index is 12.6. The maximum absolute atomic E-state index is 12.6. The third-order valence-electron chi connectivity index (χ3n) is 4.12. The van der Waals surface area contributed by atoms with Crippen molar-refractivity contribution in [2.45, 2.75) is 11.8 Å². The van der Waals surface area contributed by atoms with E-state index in [4.69, 9.17) is 0 Å². The zero-order valence-corrected chi connectivity index (χ0v) is 14.8. The predicted molar refractivity (Wildman–Crippen MR) is 96.4 cm³/mol. The van der Waals surface area contributed by atoms with Gasteiger partial charge in [0.2, 0.25) is 0 Å². The van der Waals surface area contributed by atoms with Crippen LogP contribution in [0.3, 0.4) is 0 Å². The molecule has 0 saturated carbocycles. The zero-order valence-electron chi connectivity index (χ0n) is 14.0. The number of nitrogens with one attached hydrogen (secondary N) is 1. The summed E-state index contributed by atoms with van der Waals surface area (Å²) in [5, 5.41) is 0.207. The number of aryl methyl sites for hydroxylation is 1. The van der Waals surface area contributed by atoms with E-state index in [0.29, 0.717) is 0 Å². The Morgan fingerprint density at radius 3 is 2.12 bits per heavy atom. The van der Waals surface area contributed by atoms with Crippen molar-refractivity contribution < 1.29 is 8.42 Å². The van der Waals surface area contributed by atoms with Crippen molar-refractivity contribution >= 4 is 26.5 Å². The lowest BCUT2D eigenvalue weighted by Gasteiger charge is -2.13. The van der Waals surface area contributed by atoms with Gasteiger partial charge in [0.1, 0.15) is 0 Å². The van der Waals surface area contributed by atoms with Crippen molar-refractivity contribution in [1.29, 1.82) is 0 Å². The van der Waals surface area contributed by atoms with Gasteiger partial charge in [0.25, 0.3) is 21.1 Å². The van der Waals surface area contributed by atoms with Gasteiger partial charge in [-0.1, -0.05) is 23.8 Å². The summed E-state index contributed by atoms with van der Waals surface area (Å²) in [6.45, 7) is 1.86. The standard InChI is InChI=1S/C17H17N3O4S/c1-11-7-9-12(10-8-11)25(23,24)18-14-6-4-5-13-15(14)17(22)20(3)19(2)16(13)21/h4-10,18H,1-3H3. The fourth-order valence-electron chi connectivity index (χ4n) is 2.58. The van der Waals surface area contributed by atoms with Gasteiger partial charge in [-0.3, -0.25) is 23.7 Å². The molecule has 0 spiro atoms. The molecule has 0 radical (unpaired) electrons. The van der Waals surface area contributed by atoms with Crippen LogP contribution in [-0.2, 0) is 24.1 Å². The molecule has 3 aromatic rings. The van der Waals surface area contributed by atoms with E-state index >= 15 is 0 Å². The zero-order chi connectivity index (χ0) is 18.4. The minimum atomic E-state index is -3.88. The summed E-state index contributed by atoms with van der Waals surface area (Å²) in [6, 6.07) is 10.9. The molecule has 3 rings (SSSR count). The highest BCUT2D eigenvalue weighted by Crippen LogP contribution is 2.21. The molecular formula is C17H17N3O4S. The first-order valence-corrected chi connectivity index (χ1v) is 8.99. The van der Waals surface area contributed by atoms with Crippen molar-refractivity contribution in [3.8, 4) is 0 Å². The molecule has 0 aliphatic rings. The minimum Gasteiger partial charge on any atom is -0.279 e. The molecule has 0 amide bonds. The lowest BCUT2D eigenvalue weighted by molar-refractivity contribution is 0.543. The molecular weight excluding hydrogens is 342 g/mol. The molecule has 25 heavy (non-hydrogen) atoms. The van der Waals surface area contributed by atoms with E-state index in [0.717, 1.165) is 10.2 Å². The molecule has 0 aliphatic heterocycles. The topological polar surface area (TPSA) is 90.2 Å². The van der Waals surface area contributed by atoms with Gasteiger partial charge in [0.15, 0.2) is 0 Å². The van der Waals surface area contributed by atoms with Crippen LogP contribution in [-0.4, -0.2) is 17.8 Å². The first-order valence-electron chi connectivity index (χ1n) is 7.51. The minimum absolute atomic E-state index is 0.0452. The smallest absolute Gasteiger partial charge is 0.275 e. The second-order valence-electron chi connectivity index (χ2n) is 5.80. The summed E-state index contributed by atoms with van der Waals surface area (Å²) in [5.41, 5.74) is 0.172. The second kappa shape index (κ2) is 5.89. The summed E-state index contributed by atoms with van der Waals surface area (Å²) in [5.74, 6) is 0. The van der Waals surface area contributed by atoms with E-state index in [1.807, 2.05) is 6.92 Å². The number of fused-ring (bicyclic) bond motifs is 1. The Hall–Kier alpha value is -2.87. The van der Waals surface area contributed by atoms with E-state index in [2.05, 4.69) is 4.72 Å². The molecule has 0 fully saturated rings. The Morgan fingerprint density at radius 2 is 1.48 bits per heavy atom. The Balaban J connectivity index is 2.22. The number of anilines is 1. The van der Waals surface area contributed by atoms with Gasteiger partial charge in [-0.25, -0.2) is 8.42 Å². The number of rotatable bonds is 3. The molecule has 1 heterocycles. The highest BCUT2D eigenvalue weighted by atomic mass is 32.2. The Morgan fingerprint density at radius 1 is 0.880 bits per heavy atom. The SMILES string of the molecule is Cc1ccc(S(=O)(=O)Nc2cccc3c(=O)n(C)n(C)c(=O)c23)cc1. The third kappa shape index (κ3) is 2.85. The maximum Gasteiger partial charge on any atom is 0.275 e. The van der Waals surface area contributed by atoms with Crippen LogP contribution >= 0.6 is 0 Å². The molecule has 2 aromatic carbocycles. The van der Waals surface area contributed by atoms with E-state index in [-0.39, 0.29) is 26.9 Å². The molecule has 130 valence electrons. The van der Waals surface area contributed by atoms with Crippen molar-refractivity contribution in [3.63, 3.8) is 0 Å². The van der Waals surface area contributed by atoms with E-state index in [9.17, 15) is 18.0 Å². The van der Waals surface area contributed by atoms with Crippen molar-refractivity contribution in [2.75, 3.05) is 4.72 Å². The predicted octanol–water partition coefficient (Wildman–Crippen LogP) is 1.35. The number of hydrogen-bond donors (Lipinski definition) is 1. The Bertz CT molecular complexity index is 1190.